The molecule has 0 bridgehead atoms. The standard InChI is InChI=1S/C8H12N4S.2ClH/c1-2-7-11-12-5-6(3-4-9)10-8(12)13-7;;/h5H,2-4,9H2,1H3;2*1H. The van der Waals surface area contributed by atoms with Crippen LogP contribution < -0.4 is 5.73 Å². The van der Waals surface area contributed by atoms with Crippen molar-refractivity contribution in [2.45, 2.75) is 19.8 Å². The van der Waals surface area contributed by atoms with Crippen LogP contribution in [0, 0.1) is 0 Å². The molecule has 4 nitrogen and oxygen atoms in total. The van der Waals surface area contributed by atoms with E-state index in [0.29, 0.717) is 6.54 Å². The number of rotatable bonds is 3. The molecule has 2 rings (SSSR count). The summed E-state index contributed by atoms with van der Waals surface area (Å²) < 4.78 is 1.84. The van der Waals surface area contributed by atoms with Gasteiger partial charge < -0.3 is 5.73 Å². The lowest BCUT2D eigenvalue weighted by molar-refractivity contribution is 0.895. The minimum Gasteiger partial charge on any atom is -0.330 e. The predicted molar refractivity (Wildman–Crippen MR) is 67.5 cm³/mol. The highest BCUT2D eigenvalue weighted by Gasteiger charge is 2.05. The number of imidazole rings is 1. The third-order valence-electron chi connectivity index (χ3n) is 1.84. The highest BCUT2D eigenvalue weighted by molar-refractivity contribution is 7.16. The van der Waals surface area contributed by atoms with Crippen molar-refractivity contribution in [1.82, 2.24) is 14.6 Å². The van der Waals surface area contributed by atoms with Gasteiger partial charge in [0.2, 0.25) is 4.96 Å². The van der Waals surface area contributed by atoms with E-state index in [0.717, 1.165) is 28.5 Å². The third kappa shape index (κ3) is 3.04. The SMILES string of the molecule is CCc1nn2cc(CCN)nc2s1.Cl.Cl. The molecule has 2 aromatic heterocycles. The molecule has 7 heteroatoms. The van der Waals surface area contributed by atoms with Crippen LogP contribution >= 0.6 is 36.2 Å². The zero-order chi connectivity index (χ0) is 9.26. The number of halogens is 2. The molecule has 0 aromatic carbocycles. The number of hydrogen-bond acceptors (Lipinski definition) is 4. The van der Waals surface area contributed by atoms with Gasteiger partial charge in [-0.15, -0.1) is 24.8 Å². The highest BCUT2D eigenvalue weighted by Crippen LogP contribution is 2.14. The second-order valence-electron chi connectivity index (χ2n) is 2.85. The Morgan fingerprint density at radius 2 is 2.20 bits per heavy atom. The number of hydrogen-bond donors (Lipinski definition) is 1. The smallest absolute Gasteiger partial charge is 0.212 e. The van der Waals surface area contributed by atoms with Gasteiger partial charge in [0.05, 0.1) is 11.9 Å². The van der Waals surface area contributed by atoms with Gasteiger partial charge in [0.1, 0.15) is 5.01 Å². The largest absolute Gasteiger partial charge is 0.330 e. The minimum absolute atomic E-state index is 0. The van der Waals surface area contributed by atoms with Gasteiger partial charge in [-0.1, -0.05) is 18.3 Å². The van der Waals surface area contributed by atoms with E-state index in [9.17, 15) is 0 Å². The number of nitrogens with zero attached hydrogens (tertiary/aromatic N) is 3. The van der Waals surface area contributed by atoms with Gasteiger partial charge in [0.25, 0.3) is 0 Å². The molecule has 2 heterocycles. The van der Waals surface area contributed by atoms with Crippen molar-refractivity contribution in [2.75, 3.05) is 6.54 Å². The van der Waals surface area contributed by atoms with Gasteiger partial charge in [-0.3, -0.25) is 0 Å². The first-order valence-electron chi connectivity index (χ1n) is 4.37. The fourth-order valence-electron chi connectivity index (χ4n) is 1.20. The minimum atomic E-state index is 0. The molecule has 0 atom stereocenters. The summed E-state index contributed by atoms with van der Waals surface area (Å²) in [5.41, 5.74) is 6.47. The predicted octanol–water partition coefficient (Wildman–Crippen LogP) is 1.70. The van der Waals surface area contributed by atoms with Crippen LogP contribution in [-0.2, 0) is 12.8 Å². The molecule has 0 saturated carbocycles. The first-order chi connectivity index (χ1) is 6.33. The lowest BCUT2D eigenvalue weighted by Crippen LogP contribution is -2.02. The molecule has 0 spiro atoms. The number of aromatic nitrogens is 3. The van der Waals surface area contributed by atoms with E-state index in [4.69, 9.17) is 5.73 Å². The fourth-order valence-corrected chi connectivity index (χ4v) is 2.03. The van der Waals surface area contributed by atoms with Crippen molar-refractivity contribution in [1.29, 1.82) is 0 Å². The van der Waals surface area contributed by atoms with Gasteiger partial charge in [-0.25, -0.2) is 9.50 Å². The van der Waals surface area contributed by atoms with E-state index < -0.39 is 0 Å². The first-order valence-corrected chi connectivity index (χ1v) is 5.19. The molecule has 0 amide bonds. The van der Waals surface area contributed by atoms with Gasteiger partial charge >= 0.3 is 0 Å². The van der Waals surface area contributed by atoms with E-state index in [1.807, 2.05) is 10.7 Å². The Balaban J connectivity index is 0.000000980. The topological polar surface area (TPSA) is 56.2 Å². The highest BCUT2D eigenvalue weighted by atomic mass is 35.5. The lowest BCUT2D eigenvalue weighted by Gasteiger charge is -1.87. The zero-order valence-corrected chi connectivity index (χ0v) is 10.8. The summed E-state index contributed by atoms with van der Waals surface area (Å²) in [7, 11) is 0. The van der Waals surface area contributed by atoms with Crippen LogP contribution in [-0.4, -0.2) is 21.1 Å². The maximum absolute atomic E-state index is 5.44. The van der Waals surface area contributed by atoms with E-state index in [1.165, 1.54) is 0 Å². The van der Waals surface area contributed by atoms with Crippen molar-refractivity contribution < 1.29 is 0 Å². The molecule has 2 aromatic rings. The first kappa shape index (κ1) is 14.6. The summed E-state index contributed by atoms with van der Waals surface area (Å²) in [5, 5.41) is 5.49. The second-order valence-corrected chi connectivity index (χ2v) is 3.89. The Morgan fingerprint density at radius 1 is 1.47 bits per heavy atom. The van der Waals surface area contributed by atoms with Crippen LogP contribution in [0.3, 0.4) is 0 Å². The van der Waals surface area contributed by atoms with Gasteiger partial charge in [0.15, 0.2) is 0 Å². The molecule has 86 valence electrons. The maximum Gasteiger partial charge on any atom is 0.212 e. The van der Waals surface area contributed by atoms with Crippen molar-refractivity contribution in [3.63, 3.8) is 0 Å². The van der Waals surface area contributed by atoms with Crippen molar-refractivity contribution in [3.8, 4) is 0 Å². The molecule has 0 aliphatic carbocycles. The number of fused-ring (bicyclic) bond motifs is 1. The van der Waals surface area contributed by atoms with Crippen LogP contribution in [0.2, 0.25) is 0 Å². The van der Waals surface area contributed by atoms with Crippen molar-refractivity contribution in [2.24, 2.45) is 5.73 Å². The third-order valence-corrected chi connectivity index (χ3v) is 2.90. The summed E-state index contributed by atoms with van der Waals surface area (Å²) in [6, 6.07) is 0. The van der Waals surface area contributed by atoms with Gasteiger partial charge in [-0.2, -0.15) is 5.10 Å². The van der Waals surface area contributed by atoms with E-state index >= 15 is 0 Å². The average Bonchev–Trinajstić information content (AvgIpc) is 2.61. The molecule has 0 saturated heterocycles. The molecule has 2 N–H and O–H groups in total. The van der Waals surface area contributed by atoms with Crippen LogP contribution in [0.4, 0.5) is 0 Å². The summed E-state index contributed by atoms with van der Waals surface area (Å²) >= 11 is 1.64. The molecular weight excluding hydrogens is 255 g/mol. The molecule has 0 radical (unpaired) electrons. The normalized spacial score (nSPS) is 9.73. The average molecular weight is 269 g/mol. The molecule has 0 unspecified atom stereocenters. The lowest BCUT2D eigenvalue weighted by atomic mass is 10.3. The van der Waals surface area contributed by atoms with Crippen molar-refractivity contribution in [3.05, 3.63) is 16.9 Å². The van der Waals surface area contributed by atoms with E-state index in [2.05, 4.69) is 17.0 Å². The van der Waals surface area contributed by atoms with Gasteiger partial charge in [0, 0.05) is 6.42 Å². The van der Waals surface area contributed by atoms with Crippen LogP contribution in [0.15, 0.2) is 6.20 Å². The number of nitrogens with two attached hydrogens (primary N) is 1. The quantitative estimate of drug-likeness (QED) is 0.922. The monoisotopic (exact) mass is 268 g/mol. The number of aryl methyl sites for hydroxylation is 1. The molecule has 15 heavy (non-hydrogen) atoms. The summed E-state index contributed by atoms with van der Waals surface area (Å²) in [4.78, 5) is 5.38. The Kier molecular flexibility index (Phi) is 6.12. The zero-order valence-electron chi connectivity index (χ0n) is 8.34. The van der Waals surface area contributed by atoms with E-state index in [1.54, 1.807) is 11.3 Å². The molecule has 0 aliphatic heterocycles. The summed E-state index contributed by atoms with van der Waals surface area (Å²) in [5.74, 6) is 0. The van der Waals surface area contributed by atoms with Crippen LogP contribution in [0.5, 0.6) is 0 Å². The maximum atomic E-state index is 5.44. The molecular formula is C8H14Cl2N4S. The Bertz CT molecular complexity index is 380. The summed E-state index contributed by atoms with van der Waals surface area (Å²) in [6.07, 6.45) is 3.76. The van der Waals surface area contributed by atoms with Crippen LogP contribution in [0.25, 0.3) is 4.96 Å². The Morgan fingerprint density at radius 3 is 2.73 bits per heavy atom. The molecule has 0 fully saturated rings. The second kappa shape index (κ2) is 6.27. The van der Waals surface area contributed by atoms with Gasteiger partial charge in [-0.05, 0) is 13.0 Å². The molecule has 0 aliphatic rings. The van der Waals surface area contributed by atoms with E-state index in [-0.39, 0.29) is 24.8 Å². The Hall–Kier alpha value is -0.360. The fraction of sp³-hybridized carbons (Fsp3) is 0.500. The summed E-state index contributed by atoms with van der Waals surface area (Å²) in [6.45, 7) is 2.74. The van der Waals surface area contributed by atoms with Crippen LogP contribution in [0.1, 0.15) is 17.6 Å². The van der Waals surface area contributed by atoms with Crippen molar-refractivity contribution >= 4 is 41.1 Å². The Labute approximate surface area is 105 Å².